The first-order valence-electron chi connectivity index (χ1n) is 7.52. The predicted molar refractivity (Wildman–Crippen MR) is 86.3 cm³/mol. The van der Waals surface area contributed by atoms with Gasteiger partial charge in [-0.3, -0.25) is 4.57 Å². The molecule has 1 unspecified atom stereocenters. The molecule has 0 amide bonds. The number of nitrogens with one attached hydrogen (secondary N) is 1. The SMILES string of the molecule is CN(c1nccc(-n2cnc3ccccc32)n1)C1CCNC1. The van der Waals surface area contributed by atoms with Gasteiger partial charge in [0, 0.05) is 25.8 Å². The highest BCUT2D eigenvalue weighted by molar-refractivity contribution is 5.76. The Morgan fingerprint density at radius 2 is 2.14 bits per heavy atom. The molecule has 1 aliphatic rings. The van der Waals surface area contributed by atoms with Crippen molar-refractivity contribution < 1.29 is 0 Å². The van der Waals surface area contributed by atoms with Gasteiger partial charge in [-0.25, -0.2) is 9.97 Å². The highest BCUT2D eigenvalue weighted by atomic mass is 15.3. The van der Waals surface area contributed by atoms with Crippen molar-refractivity contribution in [3.8, 4) is 5.82 Å². The first-order chi connectivity index (χ1) is 10.8. The average molecular weight is 294 g/mol. The summed E-state index contributed by atoms with van der Waals surface area (Å²) in [5.41, 5.74) is 2.02. The minimum absolute atomic E-state index is 0.454. The van der Waals surface area contributed by atoms with Crippen LogP contribution in [-0.4, -0.2) is 45.7 Å². The van der Waals surface area contributed by atoms with E-state index in [1.165, 1.54) is 0 Å². The number of fused-ring (bicyclic) bond motifs is 1. The van der Waals surface area contributed by atoms with Gasteiger partial charge in [-0.05, 0) is 31.2 Å². The molecule has 6 heteroatoms. The molecule has 1 saturated heterocycles. The van der Waals surface area contributed by atoms with Crippen molar-refractivity contribution in [3.05, 3.63) is 42.9 Å². The molecule has 112 valence electrons. The summed E-state index contributed by atoms with van der Waals surface area (Å²) >= 11 is 0. The Bertz CT molecular complexity index is 790. The fourth-order valence-corrected chi connectivity index (χ4v) is 2.92. The molecule has 0 bridgehead atoms. The number of anilines is 1. The number of benzene rings is 1. The second-order valence-electron chi connectivity index (χ2n) is 5.58. The lowest BCUT2D eigenvalue weighted by molar-refractivity contribution is 0.667. The second-order valence-corrected chi connectivity index (χ2v) is 5.58. The van der Waals surface area contributed by atoms with Crippen molar-refractivity contribution in [2.24, 2.45) is 0 Å². The lowest BCUT2D eigenvalue weighted by atomic mass is 10.2. The van der Waals surface area contributed by atoms with Crippen LogP contribution in [0.15, 0.2) is 42.9 Å². The third-order valence-electron chi connectivity index (χ3n) is 4.23. The second kappa shape index (κ2) is 5.38. The summed E-state index contributed by atoms with van der Waals surface area (Å²) in [6.07, 6.45) is 4.75. The lowest BCUT2D eigenvalue weighted by Crippen LogP contribution is -2.34. The number of rotatable bonds is 3. The maximum Gasteiger partial charge on any atom is 0.227 e. The summed E-state index contributed by atoms with van der Waals surface area (Å²) in [5, 5.41) is 3.38. The fourth-order valence-electron chi connectivity index (χ4n) is 2.92. The molecule has 3 heterocycles. The number of nitrogens with zero attached hydrogens (tertiary/aromatic N) is 5. The zero-order chi connectivity index (χ0) is 14.9. The van der Waals surface area contributed by atoms with Crippen molar-refractivity contribution in [2.45, 2.75) is 12.5 Å². The van der Waals surface area contributed by atoms with E-state index in [1.807, 2.05) is 41.4 Å². The third-order valence-corrected chi connectivity index (χ3v) is 4.23. The minimum Gasteiger partial charge on any atom is -0.340 e. The third kappa shape index (κ3) is 2.21. The molecule has 0 aliphatic carbocycles. The van der Waals surface area contributed by atoms with E-state index in [2.05, 4.69) is 33.3 Å². The summed E-state index contributed by atoms with van der Waals surface area (Å²) < 4.78 is 2.00. The molecule has 1 aliphatic heterocycles. The smallest absolute Gasteiger partial charge is 0.227 e. The van der Waals surface area contributed by atoms with E-state index in [0.717, 1.165) is 42.3 Å². The summed E-state index contributed by atoms with van der Waals surface area (Å²) in [7, 11) is 2.06. The van der Waals surface area contributed by atoms with Gasteiger partial charge in [0.2, 0.25) is 5.95 Å². The first kappa shape index (κ1) is 13.2. The van der Waals surface area contributed by atoms with Crippen LogP contribution in [0.4, 0.5) is 5.95 Å². The number of imidazole rings is 1. The van der Waals surface area contributed by atoms with E-state index >= 15 is 0 Å². The van der Waals surface area contributed by atoms with Gasteiger partial charge < -0.3 is 10.2 Å². The Balaban J connectivity index is 1.72. The lowest BCUT2D eigenvalue weighted by Gasteiger charge is -2.23. The van der Waals surface area contributed by atoms with Crippen LogP contribution in [0.1, 0.15) is 6.42 Å². The van der Waals surface area contributed by atoms with Crippen LogP contribution < -0.4 is 10.2 Å². The van der Waals surface area contributed by atoms with Crippen molar-refractivity contribution in [2.75, 3.05) is 25.0 Å². The average Bonchev–Trinajstić information content (AvgIpc) is 3.24. The zero-order valence-corrected chi connectivity index (χ0v) is 12.5. The van der Waals surface area contributed by atoms with Gasteiger partial charge >= 0.3 is 0 Å². The van der Waals surface area contributed by atoms with Crippen LogP contribution in [0.5, 0.6) is 0 Å². The van der Waals surface area contributed by atoms with Gasteiger partial charge in [0.15, 0.2) is 0 Å². The summed E-state index contributed by atoms with van der Waals surface area (Å²) in [4.78, 5) is 15.7. The van der Waals surface area contributed by atoms with Gasteiger partial charge in [-0.2, -0.15) is 4.98 Å². The number of likely N-dealkylation sites (N-methyl/N-ethyl adjacent to an activating group) is 1. The molecule has 22 heavy (non-hydrogen) atoms. The number of aromatic nitrogens is 4. The molecule has 1 N–H and O–H groups in total. The molecule has 1 atom stereocenters. The first-order valence-corrected chi connectivity index (χ1v) is 7.52. The van der Waals surface area contributed by atoms with E-state index in [9.17, 15) is 0 Å². The predicted octanol–water partition coefficient (Wildman–Crippen LogP) is 1.61. The van der Waals surface area contributed by atoms with Crippen molar-refractivity contribution in [1.82, 2.24) is 24.8 Å². The van der Waals surface area contributed by atoms with Crippen LogP contribution in [-0.2, 0) is 0 Å². The number of hydrogen-bond donors (Lipinski definition) is 1. The van der Waals surface area contributed by atoms with E-state index in [4.69, 9.17) is 4.98 Å². The standard InChI is InChI=1S/C16H18N6/c1-21(12-6-8-17-10-12)16-18-9-7-15(20-16)22-11-19-13-4-2-3-5-14(13)22/h2-5,7,9,11-12,17H,6,8,10H2,1H3. The van der Waals surface area contributed by atoms with Gasteiger partial charge in [-0.15, -0.1) is 0 Å². The number of hydrogen-bond acceptors (Lipinski definition) is 5. The van der Waals surface area contributed by atoms with Crippen LogP contribution in [0.25, 0.3) is 16.9 Å². The highest BCUT2D eigenvalue weighted by Crippen LogP contribution is 2.19. The van der Waals surface area contributed by atoms with Crippen LogP contribution in [0.3, 0.4) is 0 Å². The van der Waals surface area contributed by atoms with Gasteiger partial charge in [0.05, 0.1) is 11.0 Å². The van der Waals surface area contributed by atoms with Crippen LogP contribution in [0, 0.1) is 0 Å². The fraction of sp³-hybridized carbons (Fsp3) is 0.312. The summed E-state index contributed by atoms with van der Waals surface area (Å²) in [6, 6.07) is 10.4. The molecule has 2 aromatic heterocycles. The molecular weight excluding hydrogens is 276 g/mol. The molecule has 4 rings (SSSR count). The van der Waals surface area contributed by atoms with Crippen LogP contribution >= 0.6 is 0 Å². The molecule has 6 nitrogen and oxygen atoms in total. The Labute approximate surface area is 128 Å². The van der Waals surface area contributed by atoms with Crippen LogP contribution in [0.2, 0.25) is 0 Å². The molecule has 0 spiro atoms. The summed E-state index contributed by atoms with van der Waals surface area (Å²) in [6.45, 7) is 2.04. The van der Waals surface area contributed by atoms with E-state index in [-0.39, 0.29) is 0 Å². The van der Waals surface area contributed by atoms with Crippen molar-refractivity contribution in [1.29, 1.82) is 0 Å². The molecule has 0 radical (unpaired) electrons. The Kier molecular flexibility index (Phi) is 3.23. The quantitative estimate of drug-likeness (QED) is 0.795. The minimum atomic E-state index is 0.454. The Morgan fingerprint density at radius 3 is 3.00 bits per heavy atom. The monoisotopic (exact) mass is 294 g/mol. The van der Waals surface area contributed by atoms with Gasteiger partial charge in [0.25, 0.3) is 0 Å². The van der Waals surface area contributed by atoms with Crippen molar-refractivity contribution >= 4 is 17.0 Å². The highest BCUT2D eigenvalue weighted by Gasteiger charge is 2.21. The number of para-hydroxylation sites is 2. The normalized spacial score (nSPS) is 18.0. The topological polar surface area (TPSA) is 58.9 Å². The van der Waals surface area contributed by atoms with Crippen molar-refractivity contribution in [3.63, 3.8) is 0 Å². The molecule has 1 fully saturated rings. The van der Waals surface area contributed by atoms with E-state index in [1.54, 1.807) is 0 Å². The summed E-state index contributed by atoms with van der Waals surface area (Å²) in [5.74, 6) is 1.60. The maximum absolute atomic E-state index is 4.72. The Morgan fingerprint density at radius 1 is 1.23 bits per heavy atom. The van der Waals surface area contributed by atoms with E-state index < -0.39 is 0 Å². The molecule has 0 saturated carbocycles. The Hall–Kier alpha value is -2.47. The van der Waals surface area contributed by atoms with Gasteiger partial charge in [-0.1, -0.05) is 12.1 Å². The molecule has 3 aromatic rings. The molecule has 1 aromatic carbocycles. The van der Waals surface area contributed by atoms with Gasteiger partial charge in [0.1, 0.15) is 12.1 Å². The molecular formula is C16H18N6. The van der Waals surface area contributed by atoms with E-state index in [0.29, 0.717) is 6.04 Å². The maximum atomic E-state index is 4.72. The zero-order valence-electron chi connectivity index (χ0n) is 12.5. The largest absolute Gasteiger partial charge is 0.340 e.